The molecular formula is C8H12NO4+. The Morgan fingerprint density at radius 1 is 1.46 bits per heavy atom. The number of aliphatic hydroxyl groups excluding tert-OH is 2. The van der Waals surface area contributed by atoms with Crippen LogP contribution in [0.3, 0.4) is 0 Å². The van der Waals surface area contributed by atoms with Crippen LogP contribution in [0.15, 0.2) is 11.1 Å². The Bertz CT molecular complexity index is 293. The van der Waals surface area contributed by atoms with Gasteiger partial charge in [0, 0.05) is 12.5 Å². The lowest BCUT2D eigenvalue weighted by molar-refractivity contribution is -0.784. The Balaban J connectivity index is 3.13. The maximum atomic E-state index is 11.4. The van der Waals surface area contributed by atoms with Crippen LogP contribution < -0.4 is 0 Å². The summed E-state index contributed by atoms with van der Waals surface area (Å²) in [5, 5.41) is 26.9. The van der Waals surface area contributed by atoms with Crippen molar-refractivity contribution in [1.29, 1.82) is 0 Å². The van der Waals surface area contributed by atoms with Crippen molar-refractivity contribution >= 4 is 12.0 Å². The number of carbonyl (C=O) groups excluding carboxylic acids is 1. The minimum absolute atomic E-state index is 0.167. The summed E-state index contributed by atoms with van der Waals surface area (Å²) in [7, 11) is 0. The number of nitrogens with zero attached hydrogens (tertiary/aromatic N) is 1. The van der Waals surface area contributed by atoms with Gasteiger partial charge in [-0.3, -0.25) is 10.0 Å². The highest BCUT2D eigenvalue weighted by Gasteiger charge is 2.33. The lowest BCUT2D eigenvalue weighted by Gasteiger charge is -2.12. The van der Waals surface area contributed by atoms with E-state index in [1.165, 1.54) is 13.1 Å². The highest BCUT2D eigenvalue weighted by atomic mass is 16.5. The maximum absolute atomic E-state index is 11.4. The van der Waals surface area contributed by atoms with Crippen LogP contribution >= 0.6 is 0 Å². The molecule has 1 unspecified atom stereocenters. The van der Waals surface area contributed by atoms with Gasteiger partial charge in [0.05, 0.1) is 18.8 Å². The molecule has 72 valence electrons. The molecule has 0 saturated heterocycles. The topological polar surface area (TPSA) is 80.8 Å². The van der Waals surface area contributed by atoms with E-state index in [0.29, 0.717) is 0 Å². The third kappa shape index (κ3) is 1.61. The van der Waals surface area contributed by atoms with Crippen LogP contribution in [0.4, 0.5) is 0 Å². The zero-order chi connectivity index (χ0) is 10.0. The standard InChI is InChI=1S/C8H12NO4/c1-5-8(12)7(4-11)6(3-10)2-9(5)13/h2,5,10-11,13H,3-4H2,1H3/q+1. The Kier molecular flexibility index (Phi) is 2.79. The molecule has 1 aliphatic rings. The van der Waals surface area contributed by atoms with Crippen LogP contribution in [-0.4, -0.2) is 51.4 Å². The van der Waals surface area contributed by atoms with E-state index in [0.717, 1.165) is 4.74 Å². The summed E-state index contributed by atoms with van der Waals surface area (Å²) in [6.45, 7) is 0.734. The van der Waals surface area contributed by atoms with Crippen LogP contribution in [0.25, 0.3) is 0 Å². The third-order valence-corrected chi connectivity index (χ3v) is 2.08. The van der Waals surface area contributed by atoms with E-state index in [1.54, 1.807) is 0 Å². The first kappa shape index (κ1) is 9.88. The van der Waals surface area contributed by atoms with Crippen LogP contribution in [-0.2, 0) is 4.79 Å². The number of hydrogen-bond acceptors (Lipinski definition) is 4. The van der Waals surface area contributed by atoms with Gasteiger partial charge in [-0.2, -0.15) is 0 Å². The fraction of sp³-hybridized carbons (Fsp3) is 0.500. The van der Waals surface area contributed by atoms with E-state index in [2.05, 4.69) is 0 Å². The SMILES string of the molecule is CC1C(=O)C(CO)=C(CO)C=[N+]1O. The highest BCUT2D eigenvalue weighted by molar-refractivity contribution is 6.05. The van der Waals surface area contributed by atoms with Gasteiger partial charge in [-0.15, -0.1) is 0 Å². The normalized spacial score (nSPS) is 23.5. The zero-order valence-electron chi connectivity index (χ0n) is 7.27. The van der Waals surface area contributed by atoms with E-state index in [9.17, 15) is 10.0 Å². The van der Waals surface area contributed by atoms with Crippen molar-refractivity contribution in [3.63, 3.8) is 0 Å². The first-order chi connectivity index (χ1) is 6.11. The smallest absolute Gasteiger partial charge is 0.261 e. The number of rotatable bonds is 2. The van der Waals surface area contributed by atoms with Crippen molar-refractivity contribution in [2.24, 2.45) is 0 Å². The molecule has 3 N–H and O–H groups in total. The summed E-state index contributed by atoms with van der Waals surface area (Å²) < 4.78 is 0.729. The molecular weight excluding hydrogens is 174 g/mol. The van der Waals surface area contributed by atoms with E-state index in [1.807, 2.05) is 0 Å². The number of Topliss-reactive ketones (excluding diaryl/α,β-unsaturated/α-hetero) is 1. The Labute approximate surface area is 75.2 Å². The van der Waals surface area contributed by atoms with E-state index >= 15 is 0 Å². The number of carbonyl (C=O) groups is 1. The first-order valence-electron chi connectivity index (χ1n) is 3.91. The Morgan fingerprint density at radius 3 is 2.54 bits per heavy atom. The lowest BCUT2D eigenvalue weighted by Crippen LogP contribution is -2.37. The number of aliphatic hydroxyl groups is 2. The second-order valence-corrected chi connectivity index (χ2v) is 2.87. The van der Waals surface area contributed by atoms with Crippen LogP contribution in [0.1, 0.15) is 6.92 Å². The van der Waals surface area contributed by atoms with Crippen LogP contribution in [0, 0.1) is 0 Å². The quantitative estimate of drug-likeness (QED) is 0.370. The molecule has 13 heavy (non-hydrogen) atoms. The predicted octanol–water partition coefficient (Wildman–Crippen LogP) is -1.29. The molecule has 5 nitrogen and oxygen atoms in total. The van der Waals surface area contributed by atoms with Gasteiger partial charge in [0.2, 0.25) is 12.0 Å². The van der Waals surface area contributed by atoms with Crippen molar-refractivity contribution in [1.82, 2.24) is 0 Å². The van der Waals surface area contributed by atoms with Gasteiger partial charge in [0.25, 0.3) is 6.04 Å². The summed E-state index contributed by atoms with van der Waals surface area (Å²) in [4.78, 5) is 11.4. The molecule has 0 aliphatic carbocycles. The predicted molar refractivity (Wildman–Crippen MR) is 43.8 cm³/mol. The molecule has 0 aromatic heterocycles. The van der Waals surface area contributed by atoms with Crippen molar-refractivity contribution in [2.75, 3.05) is 13.2 Å². The van der Waals surface area contributed by atoms with Crippen LogP contribution in [0.2, 0.25) is 0 Å². The highest BCUT2D eigenvalue weighted by Crippen LogP contribution is 2.12. The van der Waals surface area contributed by atoms with Gasteiger partial charge < -0.3 is 10.2 Å². The van der Waals surface area contributed by atoms with Gasteiger partial charge in [-0.25, -0.2) is 0 Å². The summed E-state index contributed by atoms with van der Waals surface area (Å²) in [6.07, 6.45) is 1.25. The molecule has 1 heterocycles. The van der Waals surface area contributed by atoms with Gasteiger partial charge in [0.15, 0.2) is 0 Å². The summed E-state index contributed by atoms with van der Waals surface area (Å²) >= 11 is 0. The molecule has 1 rings (SSSR count). The third-order valence-electron chi connectivity index (χ3n) is 2.08. The van der Waals surface area contributed by atoms with E-state index < -0.39 is 12.6 Å². The fourth-order valence-corrected chi connectivity index (χ4v) is 1.20. The largest absolute Gasteiger partial charge is 0.392 e. The summed E-state index contributed by atoms with van der Waals surface area (Å²) in [5.74, 6) is -0.364. The Morgan fingerprint density at radius 2 is 2.08 bits per heavy atom. The van der Waals surface area contributed by atoms with Crippen molar-refractivity contribution in [3.8, 4) is 0 Å². The molecule has 0 radical (unpaired) electrons. The summed E-state index contributed by atoms with van der Waals surface area (Å²) in [6, 6.07) is -0.697. The monoisotopic (exact) mass is 186 g/mol. The first-order valence-corrected chi connectivity index (χ1v) is 3.91. The van der Waals surface area contributed by atoms with Crippen molar-refractivity contribution in [3.05, 3.63) is 11.1 Å². The number of hydroxylamine groups is 1. The van der Waals surface area contributed by atoms with Gasteiger partial charge in [-0.1, -0.05) is 0 Å². The summed E-state index contributed by atoms with van der Waals surface area (Å²) in [5.41, 5.74) is 0.424. The molecule has 5 heteroatoms. The fourth-order valence-electron chi connectivity index (χ4n) is 1.20. The Hall–Kier alpha value is -1.20. The zero-order valence-corrected chi connectivity index (χ0v) is 7.27. The lowest BCUT2D eigenvalue weighted by atomic mass is 9.98. The molecule has 0 bridgehead atoms. The minimum atomic E-state index is -0.697. The van der Waals surface area contributed by atoms with Gasteiger partial charge in [0.1, 0.15) is 0 Å². The second kappa shape index (κ2) is 3.68. The van der Waals surface area contributed by atoms with Crippen molar-refractivity contribution < 1.29 is 25.0 Å². The number of ketones is 1. The van der Waals surface area contributed by atoms with E-state index in [4.69, 9.17) is 10.2 Å². The average Bonchev–Trinajstić information content (AvgIpc) is 2.13. The molecule has 1 atom stereocenters. The van der Waals surface area contributed by atoms with Gasteiger partial charge in [-0.05, 0) is 4.74 Å². The van der Waals surface area contributed by atoms with E-state index in [-0.39, 0.29) is 23.5 Å². The molecule has 0 spiro atoms. The molecule has 1 aliphatic heterocycles. The average molecular weight is 186 g/mol. The number of hydrogen-bond donors (Lipinski definition) is 3. The van der Waals surface area contributed by atoms with Crippen LogP contribution in [0.5, 0.6) is 0 Å². The van der Waals surface area contributed by atoms with Gasteiger partial charge >= 0.3 is 0 Å². The molecule has 0 saturated carbocycles. The minimum Gasteiger partial charge on any atom is -0.392 e. The molecule has 0 aromatic carbocycles. The molecule has 0 amide bonds. The molecule has 0 fully saturated rings. The second-order valence-electron chi connectivity index (χ2n) is 2.87. The van der Waals surface area contributed by atoms with Crippen molar-refractivity contribution in [2.45, 2.75) is 13.0 Å². The maximum Gasteiger partial charge on any atom is 0.261 e. The molecule has 0 aromatic rings.